The van der Waals surface area contributed by atoms with Gasteiger partial charge in [0.2, 0.25) is 0 Å². The van der Waals surface area contributed by atoms with Crippen molar-refractivity contribution in [3.63, 3.8) is 0 Å². The maximum Gasteiger partial charge on any atom is 0.175 e. The lowest BCUT2D eigenvalue weighted by atomic mass is 9.92. The van der Waals surface area contributed by atoms with Crippen molar-refractivity contribution >= 4 is 51.3 Å². The van der Waals surface area contributed by atoms with Crippen LogP contribution in [0.2, 0.25) is 0 Å². The van der Waals surface area contributed by atoms with Gasteiger partial charge in [-0.2, -0.15) is 0 Å². The molecule has 2 atom stereocenters. The molecule has 8 heteroatoms. The molecule has 1 saturated carbocycles. The van der Waals surface area contributed by atoms with Crippen molar-refractivity contribution in [3.05, 3.63) is 27.0 Å². The zero-order valence-corrected chi connectivity index (χ0v) is 16.8. The van der Waals surface area contributed by atoms with Crippen LogP contribution in [0.4, 0.5) is 5.82 Å². The molecule has 2 unspecified atom stereocenters. The van der Waals surface area contributed by atoms with Gasteiger partial charge in [-0.3, -0.25) is 0 Å². The zero-order chi connectivity index (χ0) is 17.4. The van der Waals surface area contributed by atoms with Crippen molar-refractivity contribution in [3.8, 4) is 0 Å². The summed E-state index contributed by atoms with van der Waals surface area (Å²) in [6.45, 7) is 1.42. The number of fused-ring (bicyclic) bond motifs is 2. The molecule has 4 N–H and O–H groups in total. The first-order valence-corrected chi connectivity index (χ1v) is 10.5. The molecule has 0 aromatic carbocycles. The number of hydrogen-bond donors (Lipinski definition) is 2. The Morgan fingerprint density at radius 2 is 2.04 bits per heavy atom. The fourth-order valence-corrected chi connectivity index (χ4v) is 5.62. The maximum absolute atomic E-state index is 6.01. The first-order valence-electron chi connectivity index (χ1n) is 8.61. The van der Waals surface area contributed by atoms with Crippen molar-refractivity contribution in [2.75, 3.05) is 12.3 Å². The smallest absolute Gasteiger partial charge is 0.175 e. The topological polar surface area (TPSA) is 95.6 Å². The average Bonchev–Trinajstić information content (AvgIpc) is 3.18. The molecule has 2 aromatic rings. The Hall–Kier alpha value is -1.13. The van der Waals surface area contributed by atoms with Gasteiger partial charge in [0.05, 0.1) is 0 Å². The summed E-state index contributed by atoms with van der Waals surface area (Å²) in [5.74, 6) is 1.82. The van der Waals surface area contributed by atoms with Gasteiger partial charge in [0.15, 0.2) is 22.1 Å². The molecule has 0 amide bonds. The number of rotatable bonds is 5. The van der Waals surface area contributed by atoms with Crippen LogP contribution in [-0.4, -0.2) is 26.1 Å². The molecule has 0 bridgehead atoms. The summed E-state index contributed by atoms with van der Waals surface area (Å²) < 4.78 is 3.44. The highest BCUT2D eigenvalue weighted by molar-refractivity contribution is 14.1. The molecule has 25 heavy (non-hydrogen) atoms. The van der Waals surface area contributed by atoms with E-state index in [4.69, 9.17) is 16.5 Å². The van der Waals surface area contributed by atoms with E-state index in [1.165, 1.54) is 34.1 Å². The molecule has 2 aromatic heterocycles. The normalized spacial score (nSPS) is 22.8. The number of nitrogens with two attached hydrogens (primary N) is 2. The van der Waals surface area contributed by atoms with Gasteiger partial charge in [-0.15, -0.1) is 0 Å². The van der Waals surface area contributed by atoms with Gasteiger partial charge >= 0.3 is 0 Å². The summed E-state index contributed by atoms with van der Waals surface area (Å²) >= 11 is 4.16. The van der Waals surface area contributed by atoms with Crippen LogP contribution < -0.4 is 11.5 Å². The summed E-state index contributed by atoms with van der Waals surface area (Å²) in [7, 11) is 0. The summed E-state index contributed by atoms with van der Waals surface area (Å²) in [5.41, 5.74) is 13.2. The van der Waals surface area contributed by atoms with Gasteiger partial charge in [0.25, 0.3) is 0 Å². The summed E-state index contributed by atoms with van der Waals surface area (Å²) in [6, 6.07) is 0. The summed E-state index contributed by atoms with van der Waals surface area (Å²) in [6.07, 6.45) is 11.2. The number of hydrogen-bond acceptors (Lipinski definition) is 6. The van der Waals surface area contributed by atoms with E-state index in [1.807, 2.05) is 0 Å². The van der Waals surface area contributed by atoms with E-state index >= 15 is 0 Å². The summed E-state index contributed by atoms with van der Waals surface area (Å²) in [4.78, 5) is 14.5. The minimum absolute atomic E-state index is 0.428. The number of allylic oxidation sites excluding steroid dienone is 3. The van der Waals surface area contributed by atoms with Gasteiger partial charge in [0.1, 0.15) is 6.33 Å². The van der Waals surface area contributed by atoms with Gasteiger partial charge in [-0.25, -0.2) is 15.0 Å². The molecule has 2 aliphatic rings. The Labute approximate surface area is 164 Å². The van der Waals surface area contributed by atoms with Crippen LogP contribution >= 0.6 is 34.4 Å². The molecule has 4 rings (SSSR count). The Kier molecular flexibility index (Phi) is 5.01. The quantitative estimate of drug-likeness (QED) is 0.653. The average molecular weight is 468 g/mol. The second-order valence-electron chi connectivity index (χ2n) is 6.53. The molecule has 1 fully saturated rings. The molecule has 6 nitrogen and oxygen atoms in total. The number of imidazole rings is 1. The number of anilines is 1. The van der Waals surface area contributed by atoms with Gasteiger partial charge in [-0.05, 0) is 60.2 Å². The van der Waals surface area contributed by atoms with Gasteiger partial charge < -0.3 is 16.0 Å². The monoisotopic (exact) mass is 468 g/mol. The summed E-state index contributed by atoms with van der Waals surface area (Å²) in [5, 5.41) is 0.918. The van der Waals surface area contributed by atoms with Crippen molar-refractivity contribution < 1.29 is 0 Å². The Morgan fingerprint density at radius 3 is 2.84 bits per heavy atom. The standard InChI is InChI=1S/C17H21IN6S/c18-12-7-10-3-1-4-11(10)8-13(12)25-17-23-14-15(20)21-9-22-16(14)24(17)6-2-5-19/h7-11H,1-6,19H2,(H2,20,21,22). The van der Waals surface area contributed by atoms with Crippen LogP contribution in [0.5, 0.6) is 0 Å². The van der Waals surface area contributed by atoms with Crippen LogP contribution in [0.25, 0.3) is 11.2 Å². The predicted molar refractivity (Wildman–Crippen MR) is 110 cm³/mol. The highest BCUT2D eigenvalue weighted by Crippen LogP contribution is 2.46. The van der Waals surface area contributed by atoms with Crippen molar-refractivity contribution in [1.29, 1.82) is 0 Å². The van der Waals surface area contributed by atoms with Crippen molar-refractivity contribution in [2.45, 2.75) is 37.4 Å². The molecule has 2 aliphatic carbocycles. The first-order chi connectivity index (χ1) is 12.2. The Bertz CT molecular complexity index is 858. The lowest BCUT2D eigenvalue weighted by Gasteiger charge is -2.21. The zero-order valence-electron chi connectivity index (χ0n) is 13.9. The number of thioether (sulfide) groups is 1. The number of aromatic nitrogens is 4. The Morgan fingerprint density at radius 1 is 1.24 bits per heavy atom. The second-order valence-corrected chi connectivity index (χ2v) is 8.70. The van der Waals surface area contributed by atoms with Crippen LogP contribution in [0.15, 0.2) is 32.1 Å². The molecule has 0 aliphatic heterocycles. The van der Waals surface area contributed by atoms with E-state index in [1.54, 1.807) is 11.8 Å². The van der Waals surface area contributed by atoms with Crippen LogP contribution in [0.1, 0.15) is 25.7 Å². The van der Waals surface area contributed by atoms with Gasteiger partial charge in [-0.1, -0.05) is 30.3 Å². The lowest BCUT2D eigenvalue weighted by molar-refractivity contribution is 0.551. The fourth-order valence-electron chi connectivity index (χ4n) is 3.62. The van der Waals surface area contributed by atoms with E-state index in [-0.39, 0.29) is 0 Å². The molecule has 0 saturated heterocycles. The van der Waals surface area contributed by atoms with Crippen molar-refractivity contribution in [1.82, 2.24) is 19.5 Å². The fraction of sp³-hybridized carbons (Fsp3) is 0.471. The van der Waals surface area contributed by atoms with E-state index < -0.39 is 0 Å². The van der Waals surface area contributed by atoms with Crippen LogP contribution in [-0.2, 0) is 6.54 Å². The number of nitrogens with zero attached hydrogens (tertiary/aromatic N) is 4. The van der Waals surface area contributed by atoms with E-state index in [0.717, 1.165) is 23.8 Å². The highest BCUT2D eigenvalue weighted by Gasteiger charge is 2.29. The number of halogens is 1. The molecular formula is C17H21IN6S. The molecule has 2 heterocycles. The minimum Gasteiger partial charge on any atom is -0.382 e. The highest BCUT2D eigenvalue weighted by atomic mass is 127. The van der Waals surface area contributed by atoms with Crippen LogP contribution in [0.3, 0.4) is 0 Å². The largest absolute Gasteiger partial charge is 0.382 e. The third kappa shape index (κ3) is 3.31. The van der Waals surface area contributed by atoms with Crippen molar-refractivity contribution in [2.24, 2.45) is 17.6 Å². The van der Waals surface area contributed by atoms with E-state index in [2.05, 4.69) is 49.3 Å². The second kappa shape index (κ2) is 7.24. The first kappa shape index (κ1) is 17.3. The predicted octanol–water partition coefficient (Wildman–Crippen LogP) is 3.48. The third-order valence-electron chi connectivity index (χ3n) is 4.90. The van der Waals surface area contributed by atoms with E-state index in [0.29, 0.717) is 29.7 Å². The third-order valence-corrected chi connectivity index (χ3v) is 7.28. The van der Waals surface area contributed by atoms with Crippen LogP contribution in [0, 0.1) is 11.8 Å². The maximum atomic E-state index is 6.01. The number of aryl methyl sites for hydroxylation is 1. The van der Waals surface area contributed by atoms with Gasteiger partial charge in [0, 0.05) is 15.0 Å². The molecule has 0 radical (unpaired) electrons. The molecule has 0 spiro atoms. The minimum atomic E-state index is 0.428. The van der Waals surface area contributed by atoms with E-state index in [9.17, 15) is 0 Å². The molecular weight excluding hydrogens is 447 g/mol. The molecule has 132 valence electrons. The Balaban J connectivity index is 1.71. The number of nitrogen functional groups attached to an aromatic ring is 1. The lowest BCUT2D eigenvalue weighted by Crippen LogP contribution is -2.09. The SMILES string of the molecule is NCCCn1c(SC2=CC3CCCC3C=C2I)nc2c(N)ncnc21.